The molecule has 2 amide bonds. The summed E-state index contributed by atoms with van der Waals surface area (Å²) in [5.41, 5.74) is 2.53. The van der Waals surface area contributed by atoms with E-state index in [9.17, 15) is 9.59 Å². The van der Waals surface area contributed by atoms with Crippen LogP contribution >= 0.6 is 0 Å². The van der Waals surface area contributed by atoms with Gasteiger partial charge in [-0.1, -0.05) is 12.1 Å². The molecule has 7 nitrogen and oxygen atoms in total. The molecule has 2 rings (SSSR count). The van der Waals surface area contributed by atoms with Crippen molar-refractivity contribution >= 4 is 17.5 Å². The largest absolute Gasteiger partial charge is 0.492 e. The van der Waals surface area contributed by atoms with Crippen molar-refractivity contribution in [2.75, 3.05) is 11.9 Å². The van der Waals surface area contributed by atoms with Gasteiger partial charge in [0.2, 0.25) is 11.8 Å². The number of carbonyl (C=O) groups is 2. The number of para-hydroxylation sites is 2. The molecule has 0 radical (unpaired) electrons. The highest BCUT2D eigenvalue weighted by Crippen LogP contribution is 2.23. The van der Waals surface area contributed by atoms with E-state index in [1.54, 1.807) is 18.2 Å². The minimum absolute atomic E-state index is 0.135. The molecule has 0 saturated carbocycles. The lowest BCUT2D eigenvalue weighted by Crippen LogP contribution is -2.37. The van der Waals surface area contributed by atoms with Crippen LogP contribution in [0.1, 0.15) is 31.7 Å². The summed E-state index contributed by atoms with van der Waals surface area (Å²) in [6.07, 6.45) is -0.248. The second kappa shape index (κ2) is 9.03. The fourth-order valence-electron chi connectivity index (χ4n) is 2.68. The molecule has 1 atom stereocenters. The van der Waals surface area contributed by atoms with Crippen molar-refractivity contribution in [1.82, 2.24) is 15.1 Å². The van der Waals surface area contributed by atoms with Crippen LogP contribution in [0.4, 0.5) is 5.69 Å². The summed E-state index contributed by atoms with van der Waals surface area (Å²) in [6.45, 7) is 8.71. The Morgan fingerprint density at radius 2 is 1.96 bits per heavy atom. The molecule has 0 saturated heterocycles. The van der Waals surface area contributed by atoms with Gasteiger partial charge in [0.05, 0.1) is 24.5 Å². The van der Waals surface area contributed by atoms with Crippen LogP contribution in [0.5, 0.6) is 5.75 Å². The average Bonchev–Trinajstić information content (AvgIpc) is 2.86. The Morgan fingerprint density at radius 1 is 1.23 bits per heavy atom. The van der Waals surface area contributed by atoms with Gasteiger partial charge in [0.25, 0.3) is 0 Å². The number of amides is 2. The fraction of sp³-hybridized carbons (Fsp3) is 0.421. The lowest BCUT2D eigenvalue weighted by Gasteiger charge is -2.15. The van der Waals surface area contributed by atoms with Crippen LogP contribution in [0.25, 0.3) is 0 Å². The lowest BCUT2D eigenvalue weighted by molar-refractivity contribution is -0.127. The molecule has 2 N–H and O–H groups in total. The average molecular weight is 358 g/mol. The summed E-state index contributed by atoms with van der Waals surface area (Å²) < 4.78 is 7.31. The lowest BCUT2D eigenvalue weighted by atomic mass is 10.2. The van der Waals surface area contributed by atoms with Gasteiger partial charge in [-0.05, 0) is 45.9 Å². The highest BCUT2D eigenvalue weighted by Gasteiger charge is 2.15. The van der Waals surface area contributed by atoms with Gasteiger partial charge in [-0.2, -0.15) is 5.10 Å². The predicted molar refractivity (Wildman–Crippen MR) is 100 cm³/mol. The Kier molecular flexibility index (Phi) is 6.77. The maximum Gasteiger partial charge on any atom is 0.233 e. The van der Waals surface area contributed by atoms with Crippen molar-refractivity contribution < 1.29 is 14.3 Å². The van der Waals surface area contributed by atoms with E-state index in [-0.39, 0.29) is 24.3 Å². The van der Waals surface area contributed by atoms with E-state index in [1.807, 2.05) is 44.5 Å². The van der Waals surface area contributed by atoms with Gasteiger partial charge < -0.3 is 15.4 Å². The van der Waals surface area contributed by atoms with E-state index in [0.29, 0.717) is 24.6 Å². The standard InChI is InChI=1S/C19H26N4O3/c1-5-26-17-9-7-6-8-16(17)21-19(25)11-18(24)20-14(3)12-23-15(4)10-13(2)22-23/h6-10,14H,5,11-12H2,1-4H3,(H,20,24)(H,21,25)/t14-/m1/s1. The highest BCUT2D eigenvalue weighted by atomic mass is 16.5. The zero-order chi connectivity index (χ0) is 19.1. The first-order chi connectivity index (χ1) is 12.4. The van der Waals surface area contributed by atoms with Crippen LogP contribution in [0.3, 0.4) is 0 Å². The molecule has 0 bridgehead atoms. The van der Waals surface area contributed by atoms with Gasteiger partial charge in [-0.25, -0.2) is 0 Å². The fourth-order valence-corrected chi connectivity index (χ4v) is 2.68. The minimum Gasteiger partial charge on any atom is -0.492 e. The maximum atomic E-state index is 12.1. The van der Waals surface area contributed by atoms with Crippen LogP contribution in [-0.2, 0) is 16.1 Å². The van der Waals surface area contributed by atoms with Gasteiger partial charge in [0.1, 0.15) is 12.2 Å². The quantitative estimate of drug-likeness (QED) is 0.710. The van der Waals surface area contributed by atoms with Gasteiger partial charge in [0, 0.05) is 11.7 Å². The summed E-state index contributed by atoms with van der Waals surface area (Å²) in [6, 6.07) is 8.99. The molecule has 2 aromatic rings. The van der Waals surface area contributed by atoms with E-state index < -0.39 is 0 Å². The van der Waals surface area contributed by atoms with Crippen molar-refractivity contribution in [2.45, 2.75) is 46.7 Å². The first kappa shape index (κ1) is 19.5. The summed E-state index contributed by atoms with van der Waals surface area (Å²) in [5.74, 6) is -0.125. The molecule has 0 aliphatic heterocycles. The van der Waals surface area contributed by atoms with E-state index in [0.717, 1.165) is 11.4 Å². The second-order valence-electron chi connectivity index (χ2n) is 6.23. The first-order valence-electron chi connectivity index (χ1n) is 8.71. The molecule has 0 fully saturated rings. The number of hydrogen-bond donors (Lipinski definition) is 2. The van der Waals surface area contributed by atoms with E-state index >= 15 is 0 Å². The van der Waals surface area contributed by atoms with E-state index in [2.05, 4.69) is 15.7 Å². The molecule has 1 aromatic heterocycles. The number of ether oxygens (including phenoxy) is 1. The SMILES string of the molecule is CCOc1ccccc1NC(=O)CC(=O)N[C@H](C)Cn1nc(C)cc1C. The smallest absolute Gasteiger partial charge is 0.233 e. The third-order valence-corrected chi connectivity index (χ3v) is 3.74. The molecular weight excluding hydrogens is 332 g/mol. The number of nitrogens with one attached hydrogen (secondary N) is 2. The molecule has 7 heteroatoms. The van der Waals surface area contributed by atoms with Gasteiger partial charge >= 0.3 is 0 Å². The molecule has 26 heavy (non-hydrogen) atoms. The van der Waals surface area contributed by atoms with Crippen molar-refractivity contribution in [3.05, 3.63) is 41.7 Å². The maximum absolute atomic E-state index is 12.1. The van der Waals surface area contributed by atoms with Gasteiger partial charge in [-0.3, -0.25) is 14.3 Å². The topological polar surface area (TPSA) is 85.2 Å². The number of hydrogen-bond acceptors (Lipinski definition) is 4. The zero-order valence-corrected chi connectivity index (χ0v) is 15.7. The number of aromatic nitrogens is 2. The molecule has 140 valence electrons. The van der Waals surface area contributed by atoms with Crippen LogP contribution in [0.15, 0.2) is 30.3 Å². The van der Waals surface area contributed by atoms with Crippen LogP contribution < -0.4 is 15.4 Å². The molecule has 0 spiro atoms. The van der Waals surface area contributed by atoms with E-state index in [4.69, 9.17) is 4.74 Å². The second-order valence-corrected chi connectivity index (χ2v) is 6.23. The summed E-state index contributed by atoms with van der Waals surface area (Å²) in [7, 11) is 0. The monoisotopic (exact) mass is 358 g/mol. The van der Waals surface area contributed by atoms with Crippen LogP contribution in [0, 0.1) is 13.8 Å². The number of anilines is 1. The zero-order valence-electron chi connectivity index (χ0n) is 15.7. The Labute approximate surface area is 153 Å². The van der Waals surface area contributed by atoms with Crippen LogP contribution in [-0.4, -0.2) is 34.2 Å². The third kappa shape index (κ3) is 5.61. The van der Waals surface area contributed by atoms with Crippen molar-refractivity contribution in [3.63, 3.8) is 0 Å². The number of carbonyl (C=O) groups excluding carboxylic acids is 2. The number of benzene rings is 1. The van der Waals surface area contributed by atoms with Crippen LogP contribution in [0.2, 0.25) is 0 Å². The molecule has 0 aliphatic rings. The summed E-state index contributed by atoms with van der Waals surface area (Å²) in [4.78, 5) is 24.2. The number of rotatable bonds is 8. The highest BCUT2D eigenvalue weighted by molar-refractivity contribution is 6.04. The molecule has 1 heterocycles. The Balaban J connectivity index is 1.85. The molecule has 0 aliphatic carbocycles. The Hall–Kier alpha value is -2.83. The minimum atomic E-state index is -0.382. The molecule has 0 unspecified atom stereocenters. The van der Waals surface area contributed by atoms with Crippen molar-refractivity contribution in [2.24, 2.45) is 0 Å². The normalized spacial score (nSPS) is 11.7. The summed E-state index contributed by atoms with van der Waals surface area (Å²) in [5, 5.41) is 9.92. The molecular formula is C19H26N4O3. The van der Waals surface area contributed by atoms with E-state index in [1.165, 1.54) is 0 Å². The summed E-state index contributed by atoms with van der Waals surface area (Å²) >= 11 is 0. The van der Waals surface area contributed by atoms with Gasteiger partial charge in [-0.15, -0.1) is 0 Å². The first-order valence-corrected chi connectivity index (χ1v) is 8.71. The number of aryl methyl sites for hydroxylation is 2. The predicted octanol–water partition coefficient (Wildman–Crippen LogP) is 2.43. The van der Waals surface area contributed by atoms with Crippen molar-refractivity contribution in [3.8, 4) is 5.75 Å². The van der Waals surface area contributed by atoms with Gasteiger partial charge in [0.15, 0.2) is 0 Å². The molecule has 1 aromatic carbocycles. The third-order valence-electron chi connectivity index (χ3n) is 3.74. The Morgan fingerprint density at radius 3 is 2.62 bits per heavy atom. The number of nitrogens with zero attached hydrogens (tertiary/aromatic N) is 2. The van der Waals surface area contributed by atoms with Crippen molar-refractivity contribution in [1.29, 1.82) is 0 Å². The Bertz CT molecular complexity index is 770.